The SMILES string of the molecule is Cc1ccc(-c2cc(Cl)c(CC3CCN(C4CCN(C(=O)O)CC4)C3=O)c(Cl)c2)cc1. The quantitative estimate of drug-likeness (QED) is 0.654. The molecule has 0 aromatic heterocycles. The molecule has 1 N–H and O–H groups in total. The van der Waals surface area contributed by atoms with Crippen molar-refractivity contribution in [2.75, 3.05) is 19.6 Å². The van der Waals surface area contributed by atoms with Crippen LogP contribution in [0, 0.1) is 12.8 Å². The summed E-state index contributed by atoms with van der Waals surface area (Å²) in [7, 11) is 0. The van der Waals surface area contributed by atoms with Crippen LogP contribution in [-0.4, -0.2) is 52.6 Å². The summed E-state index contributed by atoms with van der Waals surface area (Å²) in [5.41, 5.74) is 4.02. The van der Waals surface area contributed by atoms with Gasteiger partial charge in [-0.15, -0.1) is 0 Å². The first-order valence-electron chi connectivity index (χ1n) is 10.7. The van der Waals surface area contributed by atoms with Crippen LogP contribution in [0.4, 0.5) is 4.79 Å². The Kier molecular flexibility index (Phi) is 6.44. The third-order valence-electron chi connectivity index (χ3n) is 6.50. The Bertz CT molecular complexity index is 962. The Hall–Kier alpha value is -2.24. The molecule has 164 valence electrons. The minimum absolute atomic E-state index is 0.114. The summed E-state index contributed by atoms with van der Waals surface area (Å²) in [6.07, 6.45) is 1.79. The van der Waals surface area contributed by atoms with Crippen LogP contribution in [0.3, 0.4) is 0 Å². The van der Waals surface area contributed by atoms with Crippen LogP contribution < -0.4 is 0 Å². The van der Waals surface area contributed by atoms with Gasteiger partial charge in [0.1, 0.15) is 0 Å². The van der Waals surface area contributed by atoms with Crippen molar-refractivity contribution >= 4 is 35.2 Å². The number of hydrogen-bond acceptors (Lipinski definition) is 2. The van der Waals surface area contributed by atoms with Crippen molar-refractivity contribution in [2.24, 2.45) is 5.92 Å². The van der Waals surface area contributed by atoms with Gasteiger partial charge in [-0.3, -0.25) is 4.79 Å². The fourth-order valence-electron chi connectivity index (χ4n) is 4.64. The lowest BCUT2D eigenvalue weighted by Gasteiger charge is -2.35. The molecular weight excluding hydrogens is 435 g/mol. The molecule has 2 aromatic rings. The summed E-state index contributed by atoms with van der Waals surface area (Å²) in [6.45, 7) is 3.71. The molecule has 4 rings (SSSR count). The summed E-state index contributed by atoms with van der Waals surface area (Å²) >= 11 is 13.2. The van der Waals surface area contributed by atoms with Gasteiger partial charge in [-0.2, -0.15) is 0 Å². The molecule has 2 amide bonds. The molecule has 7 heteroatoms. The molecule has 0 saturated carbocycles. The highest BCUT2D eigenvalue weighted by Crippen LogP contribution is 2.36. The zero-order valence-corrected chi connectivity index (χ0v) is 19.0. The molecule has 2 aromatic carbocycles. The second kappa shape index (κ2) is 9.09. The maximum absolute atomic E-state index is 13.1. The van der Waals surface area contributed by atoms with Gasteiger partial charge in [0.15, 0.2) is 0 Å². The first kappa shape index (κ1) is 22.0. The maximum Gasteiger partial charge on any atom is 0.407 e. The molecular formula is C24H26Cl2N2O3. The highest BCUT2D eigenvalue weighted by atomic mass is 35.5. The van der Waals surface area contributed by atoms with Crippen molar-refractivity contribution in [3.05, 3.63) is 57.6 Å². The van der Waals surface area contributed by atoms with E-state index in [2.05, 4.69) is 12.1 Å². The summed E-state index contributed by atoms with van der Waals surface area (Å²) in [5.74, 6) is -0.0127. The summed E-state index contributed by atoms with van der Waals surface area (Å²) in [4.78, 5) is 27.5. The first-order valence-corrected chi connectivity index (χ1v) is 11.4. The van der Waals surface area contributed by atoms with Crippen molar-refractivity contribution in [2.45, 2.75) is 38.6 Å². The molecule has 2 heterocycles. The molecule has 31 heavy (non-hydrogen) atoms. The monoisotopic (exact) mass is 460 g/mol. The van der Waals surface area contributed by atoms with Gasteiger partial charge in [-0.05, 0) is 61.4 Å². The smallest absolute Gasteiger partial charge is 0.407 e. The van der Waals surface area contributed by atoms with Gasteiger partial charge >= 0.3 is 6.09 Å². The zero-order valence-electron chi connectivity index (χ0n) is 17.5. The number of benzene rings is 2. The normalized spacial score (nSPS) is 19.8. The molecule has 2 fully saturated rings. The third-order valence-corrected chi connectivity index (χ3v) is 7.18. The lowest BCUT2D eigenvalue weighted by molar-refractivity contribution is -0.133. The number of carboxylic acid groups (broad SMARTS) is 1. The van der Waals surface area contributed by atoms with E-state index in [-0.39, 0.29) is 17.9 Å². The number of halogens is 2. The fraction of sp³-hybridized carbons (Fsp3) is 0.417. The maximum atomic E-state index is 13.1. The molecule has 2 aliphatic rings. The number of carbonyl (C=O) groups is 2. The lowest BCUT2D eigenvalue weighted by atomic mass is 9.95. The van der Waals surface area contributed by atoms with E-state index in [1.165, 1.54) is 10.5 Å². The number of carbonyl (C=O) groups excluding carboxylic acids is 1. The first-order chi connectivity index (χ1) is 14.8. The summed E-state index contributed by atoms with van der Waals surface area (Å²) in [5, 5.41) is 10.3. The molecule has 2 saturated heterocycles. The summed E-state index contributed by atoms with van der Waals surface area (Å²) < 4.78 is 0. The second-order valence-electron chi connectivity index (χ2n) is 8.51. The predicted molar refractivity (Wildman–Crippen MR) is 123 cm³/mol. The number of likely N-dealkylation sites (tertiary alicyclic amines) is 2. The van der Waals surface area contributed by atoms with E-state index < -0.39 is 6.09 Å². The van der Waals surface area contributed by atoms with Gasteiger partial charge < -0.3 is 14.9 Å². The Morgan fingerprint density at radius 2 is 1.61 bits per heavy atom. The van der Waals surface area contributed by atoms with Gasteiger partial charge in [0.25, 0.3) is 0 Å². The Balaban J connectivity index is 1.44. The Morgan fingerprint density at radius 3 is 2.19 bits per heavy atom. The topological polar surface area (TPSA) is 60.9 Å². The molecule has 1 unspecified atom stereocenters. The van der Waals surface area contributed by atoms with E-state index in [1.807, 2.05) is 36.1 Å². The standard InChI is InChI=1S/C24H26Cl2N2O3/c1-15-2-4-16(5-3-15)18-13-21(25)20(22(26)14-18)12-17-6-11-28(23(17)29)19-7-9-27(10-8-19)24(30)31/h2-5,13-14,17,19H,6-12H2,1H3,(H,30,31). The molecule has 2 aliphatic heterocycles. The van der Waals surface area contributed by atoms with Crippen LogP contribution in [0.2, 0.25) is 10.0 Å². The summed E-state index contributed by atoms with van der Waals surface area (Å²) in [6, 6.07) is 12.2. The van der Waals surface area contributed by atoms with Crippen LogP contribution in [0.1, 0.15) is 30.4 Å². The molecule has 5 nitrogen and oxygen atoms in total. The van der Waals surface area contributed by atoms with Gasteiger partial charge in [-0.1, -0.05) is 53.0 Å². The number of amides is 2. The lowest BCUT2D eigenvalue weighted by Crippen LogP contribution is -2.47. The zero-order chi connectivity index (χ0) is 22.1. The van der Waals surface area contributed by atoms with Crippen molar-refractivity contribution in [3.8, 4) is 11.1 Å². The van der Waals surface area contributed by atoms with Crippen LogP contribution in [0.5, 0.6) is 0 Å². The van der Waals surface area contributed by atoms with E-state index in [9.17, 15) is 9.59 Å². The largest absolute Gasteiger partial charge is 0.465 e. The second-order valence-corrected chi connectivity index (χ2v) is 9.32. The van der Waals surface area contributed by atoms with Crippen LogP contribution in [0.25, 0.3) is 11.1 Å². The Labute approximate surface area is 192 Å². The van der Waals surface area contributed by atoms with E-state index in [0.29, 0.717) is 48.9 Å². The van der Waals surface area contributed by atoms with Gasteiger partial charge in [0, 0.05) is 41.6 Å². The van der Waals surface area contributed by atoms with Gasteiger partial charge in [0.2, 0.25) is 5.91 Å². The molecule has 0 bridgehead atoms. The molecule has 0 aliphatic carbocycles. The van der Waals surface area contributed by atoms with Crippen molar-refractivity contribution in [1.29, 1.82) is 0 Å². The number of rotatable bonds is 4. The van der Waals surface area contributed by atoms with Crippen LogP contribution >= 0.6 is 23.2 Å². The van der Waals surface area contributed by atoms with Gasteiger partial charge in [-0.25, -0.2) is 4.79 Å². The minimum atomic E-state index is -0.887. The average molecular weight is 461 g/mol. The van der Waals surface area contributed by atoms with Crippen molar-refractivity contribution in [3.63, 3.8) is 0 Å². The minimum Gasteiger partial charge on any atom is -0.465 e. The highest BCUT2D eigenvalue weighted by Gasteiger charge is 2.38. The fourth-order valence-corrected chi connectivity index (χ4v) is 5.28. The molecule has 1 atom stereocenters. The van der Waals surface area contributed by atoms with Crippen molar-refractivity contribution in [1.82, 2.24) is 9.80 Å². The molecule has 0 spiro atoms. The van der Waals surface area contributed by atoms with E-state index >= 15 is 0 Å². The molecule has 0 radical (unpaired) electrons. The van der Waals surface area contributed by atoms with E-state index in [0.717, 1.165) is 23.1 Å². The number of aryl methyl sites for hydroxylation is 1. The number of hydrogen-bond donors (Lipinski definition) is 1. The predicted octanol–water partition coefficient (Wildman–Crippen LogP) is 5.50. The highest BCUT2D eigenvalue weighted by molar-refractivity contribution is 6.36. The van der Waals surface area contributed by atoms with Crippen molar-refractivity contribution < 1.29 is 14.7 Å². The third kappa shape index (κ3) is 4.68. The van der Waals surface area contributed by atoms with Crippen LogP contribution in [0.15, 0.2) is 36.4 Å². The van der Waals surface area contributed by atoms with Gasteiger partial charge in [0.05, 0.1) is 0 Å². The number of nitrogens with zero attached hydrogens (tertiary/aromatic N) is 2. The van der Waals surface area contributed by atoms with E-state index in [1.54, 1.807) is 0 Å². The van der Waals surface area contributed by atoms with E-state index in [4.69, 9.17) is 28.3 Å². The number of piperidine rings is 1. The van der Waals surface area contributed by atoms with Crippen LogP contribution in [-0.2, 0) is 11.2 Å². The average Bonchev–Trinajstić information content (AvgIpc) is 3.11. The Morgan fingerprint density at radius 1 is 1.00 bits per heavy atom.